The van der Waals surface area contributed by atoms with Gasteiger partial charge in [0.15, 0.2) is 11.8 Å². The fraction of sp³-hybridized carbons (Fsp3) is 0.591. The summed E-state index contributed by atoms with van der Waals surface area (Å²) in [5.74, 6) is 2.62. The Kier molecular flexibility index (Phi) is 9.54. The topological polar surface area (TPSA) is 88.8 Å². The molecule has 32 heavy (non-hydrogen) atoms. The fourth-order valence-corrected chi connectivity index (χ4v) is 3.99. The molecule has 2 N–H and O–H groups in total. The number of halogens is 1. The van der Waals surface area contributed by atoms with Crippen LogP contribution in [0.15, 0.2) is 29.3 Å². The molecule has 1 fully saturated rings. The summed E-state index contributed by atoms with van der Waals surface area (Å²) in [4.78, 5) is 11.7. The first-order valence-electron chi connectivity index (χ1n) is 11.1. The quantitative estimate of drug-likeness (QED) is 0.307. The molecule has 1 saturated heterocycles. The molecule has 2 aliphatic heterocycles. The molecule has 1 atom stereocenters. The number of aryl methyl sites for hydroxylation is 1. The molecular formula is C22H34IN7O2. The monoisotopic (exact) mass is 555 g/mol. The summed E-state index contributed by atoms with van der Waals surface area (Å²) in [6.07, 6.45) is 1.90. The van der Waals surface area contributed by atoms with E-state index in [1.165, 1.54) is 11.3 Å². The van der Waals surface area contributed by atoms with Gasteiger partial charge in [0.2, 0.25) is 0 Å². The number of methoxy groups -OCH3 is 1. The average Bonchev–Trinajstić information content (AvgIpc) is 3.20. The fourth-order valence-electron chi connectivity index (χ4n) is 3.99. The first kappa shape index (κ1) is 24.7. The third-order valence-corrected chi connectivity index (χ3v) is 5.59. The minimum atomic E-state index is 0. The zero-order valence-corrected chi connectivity index (χ0v) is 21.2. The van der Waals surface area contributed by atoms with Crippen LogP contribution >= 0.6 is 24.0 Å². The van der Waals surface area contributed by atoms with Crippen LogP contribution in [-0.4, -0.2) is 66.7 Å². The van der Waals surface area contributed by atoms with Crippen LogP contribution in [0.1, 0.15) is 30.6 Å². The molecule has 1 aromatic heterocycles. The van der Waals surface area contributed by atoms with Crippen LogP contribution in [0.3, 0.4) is 0 Å². The molecule has 9 nitrogen and oxygen atoms in total. The van der Waals surface area contributed by atoms with Crippen molar-refractivity contribution in [2.75, 3.05) is 44.9 Å². The lowest BCUT2D eigenvalue weighted by Gasteiger charge is -2.28. The van der Waals surface area contributed by atoms with Gasteiger partial charge in [0.05, 0.1) is 26.3 Å². The van der Waals surface area contributed by atoms with Crippen molar-refractivity contribution in [2.45, 2.75) is 45.5 Å². The van der Waals surface area contributed by atoms with E-state index < -0.39 is 0 Å². The summed E-state index contributed by atoms with van der Waals surface area (Å²) in [5.41, 5.74) is 2.44. The van der Waals surface area contributed by atoms with Gasteiger partial charge in [-0.05, 0) is 31.0 Å². The summed E-state index contributed by atoms with van der Waals surface area (Å²) >= 11 is 0. The number of nitrogens with zero attached hydrogens (tertiary/aromatic N) is 5. The van der Waals surface area contributed by atoms with E-state index >= 15 is 0 Å². The molecule has 1 unspecified atom stereocenters. The summed E-state index contributed by atoms with van der Waals surface area (Å²) in [6, 6.07) is 8.96. The maximum absolute atomic E-state index is 5.44. The minimum Gasteiger partial charge on any atom is -0.378 e. The summed E-state index contributed by atoms with van der Waals surface area (Å²) in [6.45, 7) is 8.28. The van der Waals surface area contributed by atoms with Crippen LogP contribution in [0.4, 0.5) is 5.69 Å². The van der Waals surface area contributed by atoms with Crippen LogP contribution in [-0.2, 0) is 35.6 Å². The molecule has 0 bridgehead atoms. The molecule has 0 saturated carbocycles. The summed E-state index contributed by atoms with van der Waals surface area (Å²) < 4.78 is 12.6. The van der Waals surface area contributed by atoms with Gasteiger partial charge in [0, 0.05) is 44.9 Å². The predicted octanol–water partition coefficient (Wildman–Crippen LogP) is 1.95. The molecular weight excluding hydrogens is 521 g/mol. The number of hydrogen-bond acceptors (Lipinski definition) is 6. The molecule has 0 spiro atoms. The summed E-state index contributed by atoms with van der Waals surface area (Å²) in [5, 5.41) is 11.5. The standard InChI is InChI=1S/C22H33N7O2.HI/c1-3-23-22(25-18-6-9-21-26-20(16-30-2)27-29(21)15-18)24-14-17-4-7-19(8-5-17)28-10-12-31-13-11-28;/h4-5,7-8,18H,3,6,9-16H2,1-2H3,(H2,23,24,25);1H. The number of guanidine groups is 1. The number of anilines is 1. The second-order valence-electron chi connectivity index (χ2n) is 7.90. The van der Waals surface area contributed by atoms with Crippen molar-refractivity contribution in [1.29, 1.82) is 0 Å². The van der Waals surface area contributed by atoms with E-state index in [0.717, 1.165) is 69.8 Å². The number of aliphatic imine (C=N–C) groups is 1. The molecule has 0 aliphatic carbocycles. The highest BCUT2D eigenvalue weighted by Crippen LogP contribution is 2.17. The second-order valence-corrected chi connectivity index (χ2v) is 7.90. The zero-order chi connectivity index (χ0) is 21.5. The normalized spacial score (nSPS) is 18.6. The van der Waals surface area contributed by atoms with E-state index in [4.69, 9.17) is 14.5 Å². The zero-order valence-electron chi connectivity index (χ0n) is 18.9. The Morgan fingerprint density at radius 1 is 1.25 bits per heavy atom. The van der Waals surface area contributed by atoms with Crippen molar-refractivity contribution in [3.8, 4) is 0 Å². The van der Waals surface area contributed by atoms with Gasteiger partial charge in [0.25, 0.3) is 0 Å². The number of aromatic nitrogens is 3. The van der Waals surface area contributed by atoms with Crippen LogP contribution in [0, 0.1) is 0 Å². The van der Waals surface area contributed by atoms with Gasteiger partial charge >= 0.3 is 0 Å². The third kappa shape index (κ3) is 6.55. The Balaban J connectivity index is 0.00000289. The first-order chi connectivity index (χ1) is 15.2. The van der Waals surface area contributed by atoms with E-state index in [-0.39, 0.29) is 30.0 Å². The molecule has 2 aliphatic rings. The molecule has 4 rings (SSSR count). The van der Waals surface area contributed by atoms with Crippen molar-refractivity contribution in [2.24, 2.45) is 4.99 Å². The molecule has 10 heteroatoms. The largest absolute Gasteiger partial charge is 0.378 e. The van der Waals surface area contributed by atoms with Crippen molar-refractivity contribution < 1.29 is 9.47 Å². The Hall–Kier alpha value is -1.92. The van der Waals surface area contributed by atoms with E-state index in [1.807, 2.05) is 4.68 Å². The number of fused-ring (bicyclic) bond motifs is 1. The van der Waals surface area contributed by atoms with Crippen LogP contribution in [0.25, 0.3) is 0 Å². The molecule has 2 aromatic rings. The van der Waals surface area contributed by atoms with E-state index in [9.17, 15) is 0 Å². The number of ether oxygens (including phenoxy) is 2. The van der Waals surface area contributed by atoms with Gasteiger partial charge in [-0.15, -0.1) is 24.0 Å². The molecule has 0 amide bonds. The number of hydrogen-bond donors (Lipinski definition) is 2. The molecule has 0 radical (unpaired) electrons. The minimum absolute atomic E-state index is 0. The number of rotatable bonds is 7. The lowest BCUT2D eigenvalue weighted by molar-refractivity contribution is 0.122. The molecule has 176 valence electrons. The highest BCUT2D eigenvalue weighted by Gasteiger charge is 2.22. The van der Waals surface area contributed by atoms with Gasteiger partial charge < -0.3 is 25.0 Å². The number of nitrogens with one attached hydrogen (secondary N) is 2. The van der Waals surface area contributed by atoms with E-state index in [2.05, 4.69) is 56.8 Å². The van der Waals surface area contributed by atoms with Crippen LogP contribution < -0.4 is 15.5 Å². The molecule has 1 aromatic carbocycles. The number of morpholine rings is 1. The second kappa shape index (κ2) is 12.4. The third-order valence-electron chi connectivity index (χ3n) is 5.59. The lowest BCUT2D eigenvalue weighted by atomic mass is 10.1. The van der Waals surface area contributed by atoms with E-state index in [1.54, 1.807) is 7.11 Å². The highest BCUT2D eigenvalue weighted by molar-refractivity contribution is 14.0. The van der Waals surface area contributed by atoms with E-state index in [0.29, 0.717) is 13.2 Å². The molecule has 3 heterocycles. The van der Waals surface area contributed by atoms with Crippen molar-refractivity contribution >= 4 is 35.6 Å². The van der Waals surface area contributed by atoms with Crippen molar-refractivity contribution in [3.63, 3.8) is 0 Å². The Morgan fingerprint density at radius 2 is 2.03 bits per heavy atom. The van der Waals surface area contributed by atoms with Gasteiger partial charge in [-0.3, -0.25) is 0 Å². The van der Waals surface area contributed by atoms with Gasteiger partial charge in [-0.25, -0.2) is 14.7 Å². The Morgan fingerprint density at radius 3 is 2.75 bits per heavy atom. The maximum Gasteiger partial charge on any atom is 0.191 e. The van der Waals surface area contributed by atoms with Gasteiger partial charge in [-0.1, -0.05) is 12.1 Å². The SMILES string of the molecule is CCNC(=NCc1ccc(N2CCOCC2)cc1)NC1CCc2nc(COC)nn2C1.I. The van der Waals surface area contributed by atoms with Crippen LogP contribution in [0.2, 0.25) is 0 Å². The van der Waals surface area contributed by atoms with Crippen LogP contribution in [0.5, 0.6) is 0 Å². The highest BCUT2D eigenvalue weighted by atomic mass is 127. The lowest BCUT2D eigenvalue weighted by Crippen LogP contribution is -2.47. The Labute approximate surface area is 207 Å². The van der Waals surface area contributed by atoms with Crippen molar-refractivity contribution in [3.05, 3.63) is 41.5 Å². The first-order valence-corrected chi connectivity index (χ1v) is 11.1. The maximum atomic E-state index is 5.44. The smallest absolute Gasteiger partial charge is 0.191 e. The summed E-state index contributed by atoms with van der Waals surface area (Å²) in [7, 11) is 1.67. The average molecular weight is 555 g/mol. The number of benzene rings is 1. The van der Waals surface area contributed by atoms with Gasteiger partial charge in [0.1, 0.15) is 12.4 Å². The Bertz CT molecular complexity index is 866. The van der Waals surface area contributed by atoms with Crippen molar-refractivity contribution in [1.82, 2.24) is 25.4 Å². The predicted molar refractivity (Wildman–Crippen MR) is 136 cm³/mol. The van der Waals surface area contributed by atoms with Gasteiger partial charge in [-0.2, -0.15) is 5.10 Å².